The summed E-state index contributed by atoms with van der Waals surface area (Å²) in [6.07, 6.45) is 0. The Labute approximate surface area is 131 Å². The maximum absolute atomic E-state index is 11.0. The van der Waals surface area contributed by atoms with Crippen LogP contribution in [0, 0.1) is 0 Å². The Hall–Kier alpha value is -2.66. The van der Waals surface area contributed by atoms with E-state index in [1.807, 2.05) is 24.3 Å². The first-order valence-corrected chi connectivity index (χ1v) is 6.97. The van der Waals surface area contributed by atoms with Gasteiger partial charge in [0.25, 0.3) is 5.89 Å². The van der Waals surface area contributed by atoms with E-state index in [4.69, 9.17) is 16.1 Å². The molecule has 0 atom stereocenters. The molecule has 3 aromatic rings. The van der Waals surface area contributed by atoms with Crippen molar-refractivity contribution in [3.8, 4) is 22.8 Å². The molecule has 0 saturated heterocycles. The second-order valence-corrected chi connectivity index (χ2v) is 5.13. The zero-order valence-electron chi connectivity index (χ0n) is 11.7. The van der Waals surface area contributed by atoms with Crippen molar-refractivity contribution in [3.63, 3.8) is 0 Å². The lowest BCUT2D eigenvalue weighted by molar-refractivity contribution is -0.114. The largest absolute Gasteiger partial charge is 0.334 e. The first kappa shape index (κ1) is 14.3. The first-order valence-electron chi connectivity index (χ1n) is 6.59. The van der Waals surface area contributed by atoms with Crippen LogP contribution in [0.2, 0.25) is 5.02 Å². The van der Waals surface area contributed by atoms with E-state index in [2.05, 4.69) is 15.5 Å². The van der Waals surface area contributed by atoms with Crippen molar-refractivity contribution in [2.24, 2.45) is 0 Å². The molecule has 0 saturated carbocycles. The van der Waals surface area contributed by atoms with E-state index in [9.17, 15) is 4.79 Å². The zero-order valence-corrected chi connectivity index (χ0v) is 12.5. The van der Waals surface area contributed by atoms with E-state index >= 15 is 0 Å². The van der Waals surface area contributed by atoms with Crippen LogP contribution in [0.4, 0.5) is 5.69 Å². The summed E-state index contributed by atoms with van der Waals surface area (Å²) in [4.78, 5) is 15.4. The fourth-order valence-electron chi connectivity index (χ4n) is 1.96. The number of rotatable bonds is 3. The Bertz CT molecular complexity index is 795. The number of aromatic nitrogens is 2. The van der Waals surface area contributed by atoms with E-state index in [1.54, 1.807) is 24.3 Å². The van der Waals surface area contributed by atoms with E-state index in [0.29, 0.717) is 22.4 Å². The van der Waals surface area contributed by atoms with Crippen LogP contribution >= 0.6 is 11.6 Å². The number of halogens is 1. The molecule has 0 aliphatic heterocycles. The average molecular weight is 314 g/mol. The topological polar surface area (TPSA) is 68.0 Å². The number of nitrogens with zero attached hydrogens (tertiary/aromatic N) is 2. The molecular weight excluding hydrogens is 302 g/mol. The fourth-order valence-corrected chi connectivity index (χ4v) is 2.08. The van der Waals surface area contributed by atoms with Gasteiger partial charge in [-0.25, -0.2) is 0 Å². The van der Waals surface area contributed by atoms with Crippen molar-refractivity contribution in [3.05, 3.63) is 53.6 Å². The van der Waals surface area contributed by atoms with Crippen molar-refractivity contribution < 1.29 is 9.32 Å². The van der Waals surface area contributed by atoms with Gasteiger partial charge >= 0.3 is 0 Å². The molecule has 0 aliphatic rings. The van der Waals surface area contributed by atoms with Crippen LogP contribution in [0.25, 0.3) is 22.8 Å². The lowest BCUT2D eigenvalue weighted by atomic mass is 10.2. The summed E-state index contributed by atoms with van der Waals surface area (Å²) in [5, 5.41) is 7.32. The molecule has 5 nitrogen and oxygen atoms in total. The number of carbonyl (C=O) groups excluding carboxylic acids is 1. The molecular formula is C16H12ClN3O2. The molecule has 2 aromatic carbocycles. The highest BCUT2D eigenvalue weighted by Gasteiger charge is 2.10. The van der Waals surface area contributed by atoms with Crippen LogP contribution in [0.3, 0.4) is 0 Å². The van der Waals surface area contributed by atoms with Crippen LogP contribution in [-0.2, 0) is 4.79 Å². The quantitative estimate of drug-likeness (QED) is 0.793. The first-order chi connectivity index (χ1) is 10.6. The Morgan fingerprint density at radius 2 is 1.68 bits per heavy atom. The highest BCUT2D eigenvalue weighted by atomic mass is 35.5. The van der Waals surface area contributed by atoms with Crippen LogP contribution in [-0.4, -0.2) is 16.0 Å². The van der Waals surface area contributed by atoms with Crippen LogP contribution in [0.1, 0.15) is 6.92 Å². The van der Waals surface area contributed by atoms with Gasteiger partial charge in [0.2, 0.25) is 11.7 Å². The van der Waals surface area contributed by atoms with Gasteiger partial charge in [0, 0.05) is 28.8 Å². The van der Waals surface area contributed by atoms with Gasteiger partial charge in [-0.3, -0.25) is 4.79 Å². The number of anilines is 1. The average Bonchev–Trinajstić information content (AvgIpc) is 2.98. The maximum Gasteiger partial charge on any atom is 0.258 e. The van der Waals surface area contributed by atoms with E-state index in [0.717, 1.165) is 11.1 Å². The second kappa shape index (κ2) is 5.99. The minimum absolute atomic E-state index is 0.115. The lowest BCUT2D eigenvalue weighted by Crippen LogP contribution is -2.05. The van der Waals surface area contributed by atoms with Gasteiger partial charge in [-0.1, -0.05) is 16.8 Å². The molecule has 22 heavy (non-hydrogen) atoms. The molecule has 1 heterocycles. The smallest absolute Gasteiger partial charge is 0.258 e. The molecule has 6 heteroatoms. The van der Waals surface area contributed by atoms with Gasteiger partial charge in [-0.2, -0.15) is 4.98 Å². The standard InChI is InChI=1S/C16H12ClN3O2/c1-10(21)18-14-8-4-12(5-9-14)16-19-15(20-22-16)11-2-6-13(17)7-3-11/h2-9H,1H3,(H,18,21). The summed E-state index contributed by atoms with van der Waals surface area (Å²) in [6.45, 7) is 1.46. The predicted molar refractivity (Wildman–Crippen MR) is 84.5 cm³/mol. The van der Waals surface area contributed by atoms with E-state index in [1.165, 1.54) is 6.92 Å². The number of nitrogens with one attached hydrogen (secondary N) is 1. The molecule has 1 amide bonds. The van der Waals surface area contributed by atoms with Crippen LogP contribution < -0.4 is 5.32 Å². The third-order valence-electron chi connectivity index (χ3n) is 2.98. The van der Waals surface area contributed by atoms with Gasteiger partial charge in [0.15, 0.2) is 0 Å². The van der Waals surface area contributed by atoms with Crippen LogP contribution in [0.5, 0.6) is 0 Å². The second-order valence-electron chi connectivity index (χ2n) is 4.69. The van der Waals surface area contributed by atoms with E-state index in [-0.39, 0.29) is 5.91 Å². The Balaban J connectivity index is 1.84. The summed E-state index contributed by atoms with van der Waals surface area (Å²) in [6, 6.07) is 14.4. The molecule has 0 aliphatic carbocycles. The maximum atomic E-state index is 11.0. The molecule has 0 fully saturated rings. The minimum atomic E-state index is -0.115. The molecule has 0 bridgehead atoms. The summed E-state index contributed by atoms with van der Waals surface area (Å²) >= 11 is 5.86. The molecule has 1 aromatic heterocycles. The molecule has 0 spiro atoms. The third-order valence-corrected chi connectivity index (χ3v) is 3.23. The van der Waals surface area contributed by atoms with Gasteiger partial charge in [-0.05, 0) is 48.5 Å². The molecule has 1 N–H and O–H groups in total. The highest BCUT2D eigenvalue weighted by Crippen LogP contribution is 2.24. The summed E-state index contributed by atoms with van der Waals surface area (Å²) in [5.74, 6) is 0.799. The highest BCUT2D eigenvalue weighted by molar-refractivity contribution is 6.30. The molecule has 3 rings (SSSR count). The third kappa shape index (κ3) is 3.15. The summed E-state index contributed by atoms with van der Waals surface area (Å²) in [7, 11) is 0. The lowest BCUT2D eigenvalue weighted by Gasteiger charge is -2.01. The van der Waals surface area contributed by atoms with Crippen molar-refractivity contribution in [2.75, 3.05) is 5.32 Å². The normalized spacial score (nSPS) is 10.5. The number of carbonyl (C=O) groups is 1. The van der Waals surface area contributed by atoms with Gasteiger partial charge in [0.05, 0.1) is 0 Å². The summed E-state index contributed by atoms with van der Waals surface area (Å²) in [5.41, 5.74) is 2.32. The van der Waals surface area contributed by atoms with Crippen molar-refractivity contribution >= 4 is 23.2 Å². The minimum Gasteiger partial charge on any atom is -0.334 e. The predicted octanol–water partition coefficient (Wildman–Crippen LogP) is 4.02. The fraction of sp³-hybridized carbons (Fsp3) is 0.0625. The Morgan fingerprint density at radius 3 is 2.32 bits per heavy atom. The molecule has 0 radical (unpaired) electrons. The van der Waals surface area contributed by atoms with E-state index < -0.39 is 0 Å². The monoisotopic (exact) mass is 313 g/mol. The number of hydrogen-bond acceptors (Lipinski definition) is 4. The van der Waals surface area contributed by atoms with Gasteiger partial charge < -0.3 is 9.84 Å². The van der Waals surface area contributed by atoms with Crippen LogP contribution in [0.15, 0.2) is 53.1 Å². The zero-order chi connectivity index (χ0) is 15.5. The van der Waals surface area contributed by atoms with Gasteiger partial charge in [0.1, 0.15) is 0 Å². The van der Waals surface area contributed by atoms with Gasteiger partial charge in [-0.15, -0.1) is 0 Å². The van der Waals surface area contributed by atoms with Crippen molar-refractivity contribution in [1.29, 1.82) is 0 Å². The number of amides is 1. The van der Waals surface area contributed by atoms with Crippen molar-refractivity contribution in [2.45, 2.75) is 6.92 Å². The van der Waals surface area contributed by atoms with Crippen molar-refractivity contribution in [1.82, 2.24) is 10.1 Å². The molecule has 0 unspecified atom stereocenters. The SMILES string of the molecule is CC(=O)Nc1ccc(-c2nc(-c3ccc(Cl)cc3)no2)cc1. The summed E-state index contributed by atoms with van der Waals surface area (Å²) < 4.78 is 5.27. The Kier molecular flexibility index (Phi) is 3.89. The number of benzene rings is 2. The number of hydrogen-bond donors (Lipinski definition) is 1. The Morgan fingerprint density at radius 1 is 1.05 bits per heavy atom. The molecule has 110 valence electrons.